The number of fused-ring (bicyclic) bond motifs is 1. The predicted molar refractivity (Wildman–Crippen MR) is 107 cm³/mol. The van der Waals surface area contributed by atoms with Gasteiger partial charge in [-0.2, -0.15) is 4.98 Å². The number of carbonyl (C=O) groups is 1. The van der Waals surface area contributed by atoms with Gasteiger partial charge in [0.1, 0.15) is 5.75 Å². The SMILES string of the molecule is O=C1c2cccc(OCc3nc(CN4CCOCC4)no3)c2CN1C1CCCNC1. The van der Waals surface area contributed by atoms with Crippen LogP contribution in [-0.2, 0) is 24.4 Å². The van der Waals surface area contributed by atoms with Gasteiger partial charge in [0.05, 0.1) is 26.3 Å². The molecule has 1 unspecified atom stereocenters. The van der Waals surface area contributed by atoms with E-state index in [9.17, 15) is 4.79 Å². The third kappa shape index (κ3) is 4.05. The van der Waals surface area contributed by atoms with Gasteiger partial charge < -0.3 is 24.2 Å². The third-order valence-electron chi connectivity index (χ3n) is 5.99. The first kappa shape index (κ1) is 19.5. The molecule has 5 rings (SSSR count). The lowest BCUT2D eigenvalue weighted by Gasteiger charge is -2.31. The summed E-state index contributed by atoms with van der Waals surface area (Å²) in [5.74, 6) is 1.89. The molecule has 0 spiro atoms. The summed E-state index contributed by atoms with van der Waals surface area (Å²) < 4.78 is 16.7. The highest BCUT2D eigenvalue weighted by Gasteiger charge is 2.35. The highest BCUT2D eigenvalue weighted by Crippen LogP contribution is 2.33. The van der Waals surface area contributed by atoms with Crippen molar-refractivity contribution in [3.05, 3.63) is 41.0 Å². The summed E-state index contributed by atoms with van der Waals surface area (Å²) in [6.45, 7) is 6.51. The van der Waals surface area contributed by atoms with E-state index < -0.39 is 0 Å². The van der Waals surface area contributed by atoms with E-state index in [4.69, 9.17) is 14.0 Å². The molecule has 0 aliphatic carbocycles. The number of nitrogens with one attached hydrogen (secondary N) is 1. The van der Waals surface area contributed by atoms with Crippen LogP contribution in [-0.4, -0.2) is 71.3 Å². The molecule has 2 fully saturated rings. The normalized spacial score (nSPS) is 22.3. The van der Waals surface area contributed by atoms with Gasteiger partial charge in [0.2, 0.25) is 0 Å². The van der Waals surface area contributed by atoms with Crippen LogP contribution in [0.2, 0.25) is 0 Å². The molecule has 1 aromatic carbocycles. The fourth-order valence-corrected chi connectivity index (χ4v) is 4.37. The van der Waals surface area contributed by atoms with Crippen molar-refractivity contribution in [2.24, 2.45) is 0 Å². The van der Waals surface area contributed by atoms with Crippen LogP contribution in [0.15, 0.2) is 22.7 Å². The summed E-state index contributed by atoms with van der Waals surface area (Å²) in [6.07, 6.45) is 2.13. The number of hydrogen-bond acceptors (Lipinski definition) is 8. The summed E-state index contributed by atoms with van der Waals surface area (Å²) in [7, 11) is 0. The number of hydrogen-bond donors (Lipinski definition) is 1. The molecule has 2 aromatic rings. The molecule has 30 heavy (non-hydrogen) atoms. The van der Waals surface area contributed by atoms with E-state index in [-0.39, 0.29) is 18.6 Å². The molecule has 1 N–H and O–H groups in total. The maximum Gasteiger partial charge on any atom is 0.264 e. The summed E-state index contributed by atoms with van der Waals surface area (Å²) in [5, 5.41) is 7.45. The van der Waals surface area contributed by atoms with Crippen molar-refractivity contribution in [2.45, 2.75) is 38.6 Å². The van der Waals surface area contributed by atoms with E-state index in [1.807, 2.05) is 23.1 Å². The molecular formula is C21H27N5O4. The second-order valence-electron chi connectivity index (χ2n) is 8.00. The average molecular weight is 413 g/mol. The van der Waals surface area contributed by atoms with Gasteiger partial charge in [-0.25, -0.2) is 0 Å². The van der Waals surface area contributed by atoms with Gasteiger partial charge in [-0.15, -0.1) is 0 Å². The van der Waals surface area contributed by atoms with Gasteiger partial charge in [-0.05, 0) is 31.5 Å². The Bertz CT molecular complexity index is 889. The summed E-state index contributed by atoms with van der Waals surface area (Å²) >= 11 is 0. The molecular weight excluding hydrogens is 386 g/mol. The van der Waals surface area contributed by atoms with Crippen LogP contribution < -0.4 is 10.1 Å². The Balaban J connectivity index is 1.22. The van der Waals surface area contributed by atoms with Gasteiger partial charge in [0.15, 0.2) is 12.4 Å². The molecule has 1 atom stereocenters. The molecule has 0 saturated carbocycles. The van der Waals surface area contributed by atoms with Crippen molar-refractivity contribution in [3.63, 3.8) is 0 Å². The summed E-state index contributed by atoms with van der Waals surface area (Å²) in [5.41, 5.74) is 1.68. The Hall–Kier alpha value is -2.49. The first-order valence-corrected chi connectivity index (χ1v) is 10.7. The lowest BCUT2D eigenvalue weighted by Crippen LogP contribution is -2.46. The number of nitrogens with zero attached hydrogens (tertiary/aromatic N) is 4. The minimum atomic E-state index is 0.0923. The summed E-state index contributed by atoms with van der Waals surface area (Å²) in [4.78, 5) is 21.6. The average Bonchev–Trinajstić information content (AvgIpc) is 3.38. The van der Waals surface area contributed by atoms with Crippen molar-refractivity contribution < 1.29 is 18.8 Å². The van der Waals surface area contributed by atoms with E-state index in [0.717, 1.165) is 63.4 Å². The molecule has 9 heteroatoms. The second-order valence-corrected chi connectivity index (χ2v) is 8.00. The fourth-order valence-electron chi connectivity index (χ4n) is 4.37. The van der Waals surface area contributed by atoms with Crippen LogP contribution >= 0.6 is 0 Å². The standard InChI is InChI=1S/C21H27N5O4/c27-21-16-4-1-5-18(17(16)12-26(21)15-3-2-6-22-11-15)29-14-20-23-19(24-30-20)13-25-7-9-28-10-8-25/h1,4-5,15,22H,2-3,6-14H2. The number of rotatable bonds is 6. The molecule has 0 bridgehead atoms. The van der Waals surface area contributed by atoms with Crippen molar-refractivity contribution in [1.82, 2.24) is 25.3 Å². The number of piperidine rings is 1. The lowest BCUT2D eigenvalue weighted by molar-refractivity contribution is 0.0327. The molecule has 0 radical (unpaired) electrons. The largest absolute Gasteiger partial charge is 0.483 e. The number of aromatic nitrogens is 2. The lowest BCUT2D eigenvalue weighted by atomic mass is 10.1. The Morgan fingerprint density at radius 2 is 2.17 bits per heavy atom. The maximum atomic E-state index is 12.9. The molecule has 160 valence electrons. The summed E-state index contributed by atoms with van der Waals surface area (Å²) in [6, 6.07) is 5.89. The molecule has 3 aliphatic rings. The van der Waals surface area contributed by atoms with Crippen LogP contribution in [0.4, 0.5) is 0 Å². The zero-order valence-corrected chi connectivity index (χ0v) is 17.0. The van der Waals surface area contributed by atoms with Gasteiger partial charge in [-0.3, -0.25) is 9.69 Å². The molecule has 2 saturated heterocycles. The quantitative estimate of drug-likeness (QED) is 0.755. The van der Waals surface area contributed by atoms with Crippen LogP contribution in [0.3, 0.4) is 0 Å². The van der Waals surface area contributed by atoms with E-state index >= 15 is 0 Å². The highest BCUT2D eigenvalue weighted by molar-refractivity contribution is 5.99. The molecule has 1 amide bonds. The van der Waals surface area contributed by atoms with Crippen molar-refractivity contribution in [3.8, 4) is 5.75 Å². The maximum absolute atomic E-state index is 12.9. The monoisotopic (exact) mass is 413 g/mol. The van der Waals surface area contributed by atoms with Gasteiger partial charge in [-0.1, -0.05) is 11.2 Å². The number of morpholine rings is 1. The smallest absolute Gasteiger partial charge is 0.264 e. The van der Waals surface area contributed by atoms with E-state index in [2.05, 4.69) is 20.4 Å². The fraction of sp³-hybridized carbons (Fsp3) is 0.571. The first-order valence-electron chi connectivity index (χ1n) is 10.7. The van der Waals surface area contributed by atoms with Gasteiger partial charge in [0, 0.05) is 36.8 Å². The Morgan fingerprint density at radius 1 is 1.27 bits per heavy atom. The number of amides is 1. The highest BCUT2D eigenvalue weighted by atomic mass is 16.5. The molecule has 3 aliphatic heterocycles. The zero-order valence-electron chi connectivity index (χ0n) is 17.0. The van der Waals surface area contributed by atoms with E-state index in [0.29, 0.717) is 30.6 Å². The minimum Gasteiger partial charge on any atom is -0.483 e. The van der Waals surface area contributed by atoms with Crippen LogP contribution in [0.5, 0.6) is 5.75 Å². The Morgan fingerprint density at radius 3 is 3.00 bits per heavy atom. The zero-order chi connectivity index (χ0) is 20.3. The molecule has 9 nitrogen and oxygen atoms in total. The number of ether oxygens (including phenoxy) is 2. The predicted octanol–water partition coefficient (Wildman–Crippen LogP) is 1.19. The molecule has 4 heterocycles. The van der Waals surface area contributed by atoms with Gasteiger partial charge >= 0.3 is 0 Å². The first-order chi connectivity index (χ1) is 14.8. The third-order valence-corrected chi connectivity index (χ3v) is 5.99. The Kier molecular flexibility index (Phi) is 5.65. The van der Waals surface area contributed by atoms with Crippen molar-refractivity contribution >= 4 is 5.91 Å². The minimum absolute atomic E-state index is 0.0923. The van der Waals surface area contributed by atoms with Crippen LogP contribution in [0.25, 0.3) is 0 Å². The topological polar surface area (TPSA) is 93.0 Å². The van der Waals surface area contributed by atoms with E-state index in [1.165, 1.54) is 0 Å². The van der Waals surface area contributed by atoms with Crippen molar-refractivity contribution in [1.29, 1.82) is 0 Å². The number of carbonyl (C=O) groups excluding carboxylic acids is 1. The van der Waals surface area contributed by atoms with Crippen molar-refractivity contribution in [2.75, 3.05) is 39.4 Å². The Labute approximate surface area is 175 Å². The van der Waals surface area contributed by atoms with Crippen LogP contribution in [0, 0.1) is 0 Å². The van der Waals surface area contributed by atoms with Gasteiger partial charge in [0.25, 0.3) is 11.8 Å². The number of benzene rings is 1. The second kappa shape index (κ2) is 8.71. The van der Waals surface area contributed by atoms with Crippen LogP contribution in [0.1, 0.15) is 40.5 Å². The molecule has 1 aromatic heterocycles. The van der Waals surface area contributed by atoms with E-state index in [1.54, 1.807) is 0 Å².